The second kappa shape index (κ2) is 9.98. The second-order valence-electron chi connectivity index (χ2n) is 8.66. The minimum absolute atomic E-state index is 0.0367. The van der Waals surface area contributed by atoms with Gasteiger partial charge in [0.25, 0.3) is 5.91 Å². The predicted octanol–water partition coefficient (Wildman–Crippen LogP) is 2.99. The van der Waals surface area contributed by atoms with E-state index in [4.69, 9.17) is 4.74 Å². The van der Waals surface area contributed by atoms with Gasteiger partial charge in [-0.25, -0.2) is 4.68 Å². The van der Waals surface area contributed by atoms with Crippen molar-refractivity contribution in [1.82, 2.24) is 30.2 Å². The van der Waals surface area contributed by atoms with E-state index in [1.807, 2.05) is 0 Å². The molecule has 2 aromatic heterocycles. The van der Waals surface area contributed by atoms with Crippen LogP contribution in [-0.4, -0.2) is 62.9 Å². The van der Waals surface area contributed by atoms with Crippen molar-refractivity contribution in [3.63, 3.8) is 0 Å². The Balaban J connectivity index is 1.44. The Kier molecular flexibility index (Phi) is 7.03. The molecule has 9 nitrogen and oxygen atoms in total. The number of hydrogen-bond donors (Lipinski definition) is 1. The van der Waals surface area contributed by atoms with E-state index in [1.165, 1.54) is 24.1 Å². The molecule has 4 rings (SSSR count). The normalized spacial score (nSPS) is 18.1. The van der Waals surface area contributed by atoms with Crippen molar-refractivity contribution in [1.29, 1.82) is 0 Å². The van der Waals surface area contributed by atoms with E-state index in [1.54, 1.807) is 0 Å². The number of nitrogens with zero attached hydrogens (tertiary/aromatic N) is 5. The minimum atomic E-state index is -4.84. The number of piperidine rings is 1. The number of hydrogen-bond acceptors (Lipinski definition) is 6. The number of alkyl halides is 3. The predicted molar refractivity (Wildman–Crippen MR) is 114 cm³/mol. The number of carbonyl (C=O) groups is 2. The summed E-state index contributed by atoms with van der Waals surface area (Å²) in [5.41, 5.74) is -1.75. The fraction of sp³-hybridized carbons (Fsp3) is 0.591. The summed E-state index contributed by atoms with van der Waals surface area (Å²) >= 11 is 0. The summed E-state index contributed by atoms with van der Waals surface area (Å²) in [4.78, 5) is 26.9. The van der Waals surface area contributed by atoms with Crippen molar-refractivity contribution in [2.24, 2.45) is 5.92 Å². The Labute approximate surface area is 194 Å². The van der Waals surface area contributed by atoms with Crippen molar-refractivity contribution >= 4 is 11.8 Å². The van der Waals surface area contributed by atoms with Gasteiger partial charge >= 0.3 is 6.18 Å². The molecule has 1 saturated heterocycles. The molecule has 1 aliphatic heterocycles. The van der Waals surface area contributed by atoms with Gasteiger partial charge in [-0.1, -0.05) is 19.3 Å². The zero-order valence-electron chi connectivity index (χ0n) is 18.8. The van der Waals surface area contributed by atoms with Gasteiger partial charge < -0.3 is 15.0 Å². The SMILES string of the molecule is COc1ccc(-n2ncc(C(=O)N3CCC(NC(=O)C4CCCCC4)CC3)c2C(F)(F)F)nn1. The molecule has 2 aliphatic rings. The molecule has 3 heterocycles. The van der Waals surface area contributed by atoms with Gasteiger partial charge in [0, 0.05) is 31.1 Å². The molecule has 1 saturated carbocycles. The summed E-state index contributed by atoms with van der Waals surface area (Å²) in [5, 5.41) is 14.2. The molecule has 0 unspecified atom stereocenters. The molecular weight excluding hydrogens is 453 g/mol. The average Bonchev–Trinajstić information content (AvgIpc) is 3.31. The number of carbonyl (C=O) groups excluding carboxylic acids is 2. The number of halogens is 3. The van der Waals surface area contributed by atoms with Gasteiger partial charge in [0.1, 0.15) is 0 Å². The van der Waals surface area contributed by atoms with E-state index < -0.39 is 23.3 Å². The van der Waals surface area contributed by atoms with Gasteiger partial charge in [-0.05, 0) is 31.7 Å². The first kappa shape index (κ1) is 24.0. The monoisotopic (exact) mass is 480 g/mol. The highest BCUT2D eigenvalue weighted by Gasteiger charge is 2.42. The van der Waals surface area contributed by atoms with Crippen LogP contribution < -0.4 is 10.1 Å². The number of ether oxygens (including phenoxy) is 1. The average molecular weight is 480 g/mol. The molecule has 1 aliphatic carbocycles. The smallest absolute Gasteiger partial charge is 0.434 e. The standard InChI is InChI=1S/C22H27F3N6O3/c1-34-18-8-7-17(28-29-18)31-19(22(23,24)25)16(13-26-31)21(33)30-11-9-15(10-12-30)27-20(32)14-5-3-2-4-6-14/h7-8,13-15H,2-6,9-12H2,1H3,(H,27,32). The van der Waals surface area contributed by atoms with Crippen LogP contribution in [0, 0.1) is 5.92 Å². The quantitative estimate of drug-likeness (QED) is 0.706. The maximum absolute atomic E-state index is 13.9. The van der Waals surface area contributed by atoms with Crippen LogP contribution in [0.4, 0.5) is 13.2 Å². The van der Waals surface area contributed by atoms with E-state index in [9.17, 15) is 22.8 Å². The second-order valence-corrected chi connectivity index (χ2v) is 8.66. The molecule has 0 aromatic carbocycles. The van der Waals surface area contributed by atoms with Crippen molar-refractivity contribution in [3.8, 4) is 11.7 Å². The third-order valence-corrected chi connectivity index (χ3v) is 6.42. The topological polar surface area (TPSA) is 102 Å². The summed E-state index contributed by atoms with van der Waals surface area (Å²) in [7, 11) is 1.36. The summed E-state index contributed by atoms with van der Waals surface area (Å²) in [6.45, 7) is 0.499. The number of likely N-dealkylation sites (tertiary alicyclic amines) is 1. The highest BCUT2D eigenvalue weighted by atomic mass is 19.4. The summed E-state index contributed by atoms with van der Waals surface area (Å²) < 4.78 is 47.2. The minimum Gasteiger partial charge on any atom is -0.480 e. The first-order chi connectivity index (χ1) is 16.3. The molecule has 2 amide bonds. The van der Waals surface area contributed by atoms with Crippen LogP contribution in [0.25, 0.3) is 5.82 Å². The Morgan fingerprint density at radius 1 is 1.06 bits per heavy atom. The summed E-state index contributed by atoms with van der Waals surface area (Å²) in [6, 6.07) is 2.55. The molecule has 0 atom stereocenters. The zero-order valence-corrected chi connectivity index (χ0v) is 18.8. The lowest BCUT2D eigenvalue weighted by Crippen LogP contribution is -2.48. The number of aromatic nitrogens is 4. The first-order valence-electron chi connectivity index (χ1n) is 11.4. The summed E-state index contributed by atoms with van der Waals surface area (Å²) in [5.74, 6) is -0.715. The van der Waals surface area contributed by atoms with Crippen LogP contribution in [0.3, 0.4) is 0 Å². The van der Waals surface area contributed by atoms with Crippen LogP contribution in [-0.2, 0) is 11.0 Å². The van der Waals surface area contributed by atoms with Crippen molar-refractivity contribution < 1.29 is 27.5 Å². The van der Waals surface area contributed by atoms with Crippen LogP contribution in [0.5, 0.6) is 5.88 Å². The van der Waals surface area contributed by atoms with Crippen LogP contribution >= 0.6 is 0 Å². The Morgan fingerprint density at radius 3 is 2.35 bits per heavy atom. The van der Waals surface area contributed by atoms with E-state index >= 15 is 0 Å². The van der Waals surface area contributed by atoms with Gasteiger partial charge in [0.05, 0.1) is 18.9 Å². The lowest BCUT2D eigenvalue weighted by Gasteiger charge is -2.33. The third kappa shape index (κ3) is 5.15. The highest BCUT2D eigenvalue weighted by Crippen LogP contribution is 2.34. The number of methoxy groups -OCH3 is 1. The molecule has 0 bridgehead atoms. The molecule has 184 valence electrons. The van der Waals surface area contributed by atoms with Crippen LogP contribution in [0.1, 0.15) is 61.0 Å². The fourth-order valence-corrected chi connectivity index (χ4v) is 4.57. The maximum Gasteiger partial charge on any atom is 0.434 e. The highest BCUT2D eigenvalue weighted by molar-refractivity contribution is 5.95. The number of nitrogens with one attached hydrogen (secondary N) is 1. The summed E-state index contributed by atoms with van der Waals surface area (Å²) in [6.07, 6.45) is 2.12. The third-order valence-electron chi connectivity index (χ3n) is 6.42. The molecule has 12 heteroatoms. The molecule has 2 fully saturated rings. The number of rotatable bonds is 5. The first-order valence-corrected chi connectivity index (χ1v) is 11.4. The fourth-order valence-electron chi connectivity index (χ4n) is 4.57. The molecule has 1 N–H and O–H groups in total. The Bertz CT molecular complexity index is 1010. The van der Waals surface area contributed by atoms with Gasteiger partial charge in [0.2, 0.25) is 11.8 Å². The van der Waals surface area contributed by atoms with Gasteiger partial charge in [-0.2, -0.15) is 18.3 Å². The van der Waals surface area contributed by atoms with Crippen molar-refractivity contribution in [2.75, 3.05) is 20.2 Å². The maximum atomic E-state index is 13.9. The van der Waals surface area contributed by atoms with Crippen molar-refractivity contribution in [2.45, 2.75) is 57.2 Å². The van der Waals surface area contributed by atoms with E-state index in [-0.39, 0.29) is 42.7 Å². The molecule has 34 heavy (non-hydrogen) atoms. The van der Waals surface area contributed by atoms with Crippen LogP contribution in [0.2, 0.25) is 0 Å². The lowest BCUT2D eigenvalue weighted by atomic mass is 9.88. The Hall–Kier alpha value is -3.18. The van der Waals surface area contributed by atoms with Gasteiger partial charge in [0.15, 0.2) is 11.5 Å². The van der Waals surface area contributed by atoms with Gasteiger partial charge in [-0.15, -0.1) is 10.2 Å². The van der Waals surface area contributed by atoms with E-state index in [0.717, 1.165) is 38.3 Å². The van der Waals surface area contributed by atoms with E-state index in [2.05, 4.69) is 20.6 Å². The molecule has 0 radical (unpaired) electrons. The van der Waals surface area contributed by atoms with E-state index in [0.29, 0.717) is 17.5 Å². The molecule has 2 aromatic rings. The number of amides is 2. The van der Waals surface area contributed by atoms with Crippen molar-refractivity contribution in [3.05, 3.63) is 29.6 Å². The molecular formula is C22H27F3N6O3. The zero-order chi connectivity index (χ0) is 24.3. The van der Waals surface area contributed by atoms with Gasteiger partial charge in [-0.3, -0.25) is 9.59 Å². The van der Waals surface area contributed by atoms with Crippen LogP contribution in [0.15, 0.2) is 18.3 Å². The largest absolute Gasteiger partial charge is 0.480 e. The Morgan fingerprint density at radius 2 is 1.76 bits per heavy atom. The molecule has 0 spiro atoms. The lowest BCUT2D eigenvalue weighted by molar-refractivity contribution is -0.143.